The van der Waals surface area contributed by atoms with Crippen LogP contribution in [0.1, 0.15) is 53.4 Å². The molecule has 4 aliphatic rings. The number of ether oxygens (including phenoxy) is 2. The fraction of sp³-hybridized carbons (Fsp3) is 0.591. The third-order valence-electron chi connectivity index (χ3n) is 7.09. The van der Waals surface area contributed by atoms with Crippen LogP contribution in [0.4, 0.5) is 4.79 Å². The molecule has 3 aliphatic carbocycles. The second-order valence-electron chi connectivity index (χ2n) is 9.29. The predicted molar refractivity (Wildman–Crippen MR) is 105 cm³/mol. The zero-order chi connectivity index (χ0) is 23.6. The molecule has 32 heavy (non-hydrogen) atoms. The number of ketones is 1. The summed E-state index contributed by atoms with van der Waals surface area (Å²) in [7, 11) is 0. The van der Waals surface area contributed by atoms with Gasteiger partial charge in [-0.2, -0.15) is 0 Å². The summed E-state index contributed by atoms with van der Waals surface area (Å²) in [6.45, 7) is 5.94. The van der Waals surface area contributed by atoms with E-state index < -0.39 is 52.3 Å². The minimum absolute atomic E-state index is 0.0677. The quantitative estimate of drug-likeness (QED) is 0.502. The number of hydrogen-bond acceptors (Lipinski definition) is 9. The van der Waals surface area contributed by atoms with E-state index in [4.69, 9.17) is 14.3 Å². The highest BCUT2D eigenvalue weighted by molar-refractivity contribution is 6.09. The Morgan fingerprint density at radius 3 is 2.28 bits per heavy atom. The lowest BCUT2D eigenvalue weighted by Crippen LogP contribution is -2.50. The van der Waals surface area contributed by atoms with Gasteiger partial charge in [0.15, 0.2) is 5.78 Å². The van der Waals surface area contributed by atoms with Crippen molar-refractivity contribution in [3.05, 3.63) is 22.8 Å². The van der Waals surface area contributed by atoms with E-state index in [0.717, 1.165) is 0 Å². The van der Waals surface area contributed by atoms with Crippen molar-refractivity contribution in [2.75, 3.05) is 6.61 Å². The maximum absolute atomic E-state index is 13.2. The number of carbonyl (C=O) groups is 5. The van der Waals surface area contributed by atoms with E-state index in [1.165, 1.54) is 13.8 Å². The summed E-state index contributed by atoms with van der Waals surface area (Å²) < 4.78 is 10.7. The van der Waals surface area contributed by atoms with Gasteiger partial charge in [-0.05, 0) is 33.6 Å². The van der Waals surface area contributed by atoms with Crippen LogP contribution in [0.3, 0.4) is 0 Å². The molecule has 172 valence electrons. The Morgan fingerprint density at radius 1 is 1.16 bits per heavy atom. The second kappa shape index (κ2) is 6.99. The van der Waals surface area contributed by atoms with E-state index in [1.807, 2.05) is 0 Å². The number of carbonyl (C=O) groups excluding carboxylic acids is 5. The highest BCUT2D eigenvalue weighted by Gasteiger charge is 2.67. The zero-order valence-electron chi connectivity index (χ0n) is 18.4. The van der Waals surface area contributed by atoms with Gasteiger partial charge in [0.25, 0.3) is 11.8 Å². The first-order valence-electron chi connectivity index (χ1n) is 10.4. The lowest BCUT2D eigenvalue weighted by molar-refractivity contribution is -0.179. The first-order chi connectivity index (χ1) is 14.8. The molecule has 1 aliphatic heterocycles. The molecule has 1 heterocycles. The SMILES string of the molecule is CC(=O)OCC1(C)C=C2C(=O)C(C)(O)C3(CC3)C(C)=C2C1OC(=O)ON1C(=O)CCC1=O. The van der Waals surface area contributed by atoms with Crippen LogP contribution in [-0.4, -0.2) is 58.2 Å². The van der Waals surface area contributed by atoms with Crippen LogP contribution in [0, 0.1) is 10.8 Å². The maximum Gasteiger partial charge on any atom is 0.534 e. The minimum atomic E-state index is -1.61. The first kappa shape index (κ1) is 22.2. The molecule has 0 aromatic rings. The number of Topliss-reactive ketones (excluding diaryl/α,β-unsaturated/α-hetero) is 1. The fourth-order valence-electron chi connectivity index (χ4n) is 5.05. The summed E-state index contributed by atoms with van der Waals surface area (Å²) in [6, 6.07) is 0. The summed E-state index contributed by atoms with van der Waals surface area (Å²) in [5.74, 6) is -2.36. The van der Waals surface area contributed by atoms with Gasteiger partial charge >= 0.3 is 12.1 Å². The van der Waals surface area contributed by atoms with E-state index in [0.29, 0.717) is 29.1 Å². The third kappa shape index (κ3) is 3.08. The standard InChI is InChI=1S/C22H25NO9/c1-11-16-13(17(27)21(4,29)22(11)7-8-22)9-20(3,10-30-12(2)24)18(16)31-19(28)32-23-14(25)5-6-15(23)26/h9,18,29H,5-8,10H2,1-4H3. The van der Waals surface area contributed by atoms with E-state index in [1.54, 1.807) is 19.9 Å². The van der Waals surface area contributed by atoms with Crippen LogP contribution in [0.15, 0.2) is 22.8 Å². The van der Waals surface area contributed by atoms with Crippen molar-refractivity contribution in [1.29, 1.82) is 0 Å². The number of amides is 2. The Labute approximate surface area is 184 Å². The van der Waals surface area contributed by atoms with Gasteiger partial charge in [-0.25, -0.2) is 4.79 Å². The van der Waals surface area contributed by atoms with Gasteiger partial charge in [0.1, 0.15) is 18.3 Å². The van der Waals surface area contributed by atoms with Crippen LogP contribution in [0.2, 0.25) is 0 Å². The molecule has 1 saturated heterocycles. The lowest BCUT2D eigenvalue weighted by atomic mass is 9.67. The molecule has 1 saturated carbocycles. The lowest BCUT2D eigenvalue weighted by Gasteiger charge is -2.40. The first-order valence-corrected chi connectivity index (χ1v) is 10.4. The van der Waals surface area contributed by atoms with Gasteiger partial charge in [-0.15, -0.1) is 0 Å². The van der Waals surface area contributed by atoms with Crippen LogP contribution in [0.25, 0.3) is 0 Å². The second-order valence-corrected chi connectivity index (χ2v) is 9.29. The average Bonchev–Trinajstić information content (AvgIpc) is 3.42. The van der Waals surface area contributed by atoms with Crippen molar-refractivity contribution in [1.82, 2.24) is 5.06 Å². The number of hydroxylamine groups is 2. The molecule has 1 N–H and O–H groups in total. The van der Waals surface area contributed by atoms with Gasteiger partial charge in [-0.1, -0.05) is 16.7 Å². The predicted octanol–water partition coefficient (Wildman–Crippen LogP) is 1.51. The Bertz CT molecular complexity index is 1000. The fourth-order valence-corrected chi connectivity index (χ4v) is 5.05. The van der Waals surface area contributed by atoms with Crippen molar-refractivity contribution in [2.24, 2.45) is 10.8 Å². The summed E-state index contributed by atoms with van der Waals surface area (Å²) in [5.41, 5.74) is -2.16. The monoisotopic (exact) mass is 447 g/mol. The van der Waals surface area contributed by atoms with E-state index in [9.17, 15) is 29.1 Å². The molecule has 0 aromatic carbocycles. The Kier molecular flexibility index (Phi) is 4.85. The Morgan fingerprint density at radius 2 is 1.75 bits per heavy atom. The molecule has 1 spiro atoms. The molecule has 2 fully saturated rings. The molecule has 10 heteroatoms. The van der Waals surface area contributed by atoms with Crippen LogP contribution >= 0.6 is 0 Å². The molecule has 3 unspecified atom stereocenters. The summed E-state index contributed by atoms with van der Waals surface area (Å²) >= 11 is 0. The highest BCUT2D eigenvalue weighted by Crippen LogP contribution is 2.65. The van der Waals surface area contributed by atoms with Gasteiger partial charge in [-0.3, -0.25) is 24.0 Å². The Balaban J connectivity index is 1.70. The zero-order valence-corrected chi connectivity index (χ0v) is 18.4. The van der Waals surface area contributed by atoms with E-state index in [2.05, 4.69) is 0 Å². The van der Waals surface area contributed by atoms with Crippen LogP contribution < -0.4 is 0 Å². The number of esters is 1. The van der Waals surface area contributed by atoms with Crippen LogP contribution in [-0.2, 0) is 33.5 Å². The number of imide groups is 1. The molecular weight excluding hydrogens is 422 g/mol. The van der Waals surface area contributed by atoms with Gasteiger partial charge in [0, 0.05) is 36.3 Å². The molecule has 3 atom stereocenters. The molecular formula is C22H25NO9. The number of aliphatic hydroxyl groups is 1. The van der Waals surface area contributed by atoms with Gasteiger partial charge < -0.3 is 14.6 Å². The summed E-state index contributed by atoms with van der Waals surface area (Å²) in [6.07, 6.45) is 0.229. The highest BCUT2D eigenvalue weighted by atomic mass is 16.8. The summed E-state index contributed by atoms with van der Waals surface area (Å²) in [5, 5.41) is 11.4. The molecule has 2 amide bonds. The Hall–Kier alpha value is -3.01. The van der Waals surface area contributed by atoms with Gasteiger partial charge in [0.2, 0.25) is 0 Å². The number of nitrogens with zero attached hydrogens (tertiary/aromatic N) is 1. The van der Waals surface area contributed by atoms with Crippen molar-refractivity contribution < 1.29 is 43.4 Å². The largest absolute Gasteiger partial charge is 0.534 e. The van der Waals surface area contributed by atoms with E-state index in [-0.39, 0.29) is 25.0 Å². The van der Waals surface area contributed by atoms with Gasteiger partial charge in [0.05, 0.1) is 5.41 Å². The molecule has 4 rings (SSSR count). The minimum Gasteiger partial charge on any atom is -0.465 e. The number of hydrogen-bond donors (Lipinski definition) is 1. The molecule has 0 aromatic heterocycles. The van der Waals surface area contributed by atoms with Crippen molar-refractivity contribution in [3.63, 3.8) is 0 Å². The maximum atomic E-state index is 13.2. The van der Waals surface area contributed by atoms with Crippen molar-refractivity contribution in [2.45, 2.75) is 65.1 Å². The van der Waals surface area contributed by atoms with E-state index >= 15 is 0 Å². The molecule has 0 bridgehead atoms. The number of fused-ring (bicyclic) bond motifs is 1. The topological polar surface area (TPSA) is 137 Å². The normalized spacial score (nSPS) is 32.8. The number of rotatable bonds is 4. The molecule has 0 radical (unpaired) electrons. The van der Waals surface area contributed by atoms with Crippen LogP contribution in [0.5, 0.6) is 0 Å². The molecule has 10 nitrogen and oxygen atoms in total. The third-order valence-corrected chi connectivity index (χ3v) is 7.09. The summed E-state index contributed by atoms with van der Waals surface area (Å²) in [4.78, 5) is 65.6. The van der Waals surface area contributed by atoms with Crippen molar-refractivity contribution in [3.8, 4) is 0 Å². The average molecular weight is 447 g/mol. The van der Waals surface area contributed by atoms with Crippen molar-refractivity contribution >= 4 is 29.7 Å². The smallest absolute Gasteiger partial charge is 0.465 e.